The number of aromatic nitrogens is 2. The predicted molar refractivity (Wildman–Crippen MR) is 92.2 cm³/mol. The van der Waals surface area contributed by atoms with E-state index in [9.17, 15) is 4.79 Å². The quantitative estimate of drug-likeness (QED) is 0.779. The lowest BCUT2D eigenvalue weighted by Crippen LogP contribution is -2.27. The van der Waals surface area contributed by atoms with Gasteiger partial charge in [-0.3, -0.25) is 9.36 Å². The van der Waals surface area contributed by atoms with Crippen molar-refractivity contribution in [2.45, 2.75) is 13.0 Å². The van der Waals surface area contributed by atoms with Crippen LogP contribution in [0.5, 0.6) is 0 Å². The van der Waals surface area contributed by atoms with Crippen LogP contribution < -0.4 is 11.3 Å². The fraction of sp³-hybridized carbons (Fsp3) is 0.125. The second kappa shape index (κ2) is 6.48. The molecule has 0 fully saturated rings. The summed E-state index contributed by atoms with van der Waals surface area (Å²) in [6, 6.07) is 14.2. The van der Waals surface area contributed by atoms with Gasteiger partial charge in [-0.05, 0) is 31.2 Å². The SMILES string of the molecule is CC(N)c1nc2cccc(Cl)c2c(=O)n1-c1ccccc1.Cl. The Bertz CT molecular complexity index is 860. The van der Waals surface area contributed by atoms with Crippen LogP contribution in [0.3, 0.4) is 0 Å². The van der Waals surface area contributed by atoms with Crippen LogP contribution in [0.2, 0.25) is 5.02 Å². The van der Waals surface area contributed by atoms with Gasteiger partial charge in [-0.2, -0.15) is 0 Å². The van der Waals surface area contributed by atoms with Crippen molar-refractivity contribution in [3.63, 3.8) is 0 Å². The lowest BCUT2D eigenvalue weighted by Gasteiger charge is -2.16. The maximum atomic E-state index is 12.9. The first-order chi connectivity index (χ1) is 10.1. The van der Waals surface area contributed by atoms with Crippen LogP contribution in [0.25, 0.3) is 16.6 Å². The van der Waals surface area contributed by atoms with E-state index in [0.29, 0.717) is 21.7 Å². The highest BCUT2D eigenvalue weighted by molar-refractivity contribution is 6.35. The molecule has 1 heterocycles. The zero-order valence-corrected chi connectivity index (χ0v) is 13.4. The number of hydrogen-bond acceptors (Lipinski definition) is 3. The topological polar surface area (TPSA) is 60.9 Å². The van der Waals surface area contributed by atoms with Gasteiger partial charge in [-0.15, -0.1) is 12.4 Å². The first-order valence-electron chi connectivity index (χ1n) is 6.62. The van der Waals surface area contributed by atoms with Crippen LogP contribution in [0.15, 0.2) is 53.3 Å². The standard InChI is InChI=1S/C16H14ClN3O.ClH/c1-10(18)15-19-13-9-5-8-12(17)14(13)16(21)20(15)11-6-3-2-4-7-11;/h2-10H,18H2,1H3;1H. The third-order valence-corrected chi connectivity index (χ3v) is 3.61. The van der Waals surface area contributed by atoms with Crippen molar-refractivity contribution in [1.82, 2.24) is 9.55 Å². The summed E-state index contributed by atoms with van der Waals surface area (Å²) in [5.41, 5.74) is 7.08. The van der Waals surface area contributed by atoms with Crippen molar-refractivity contribution >= 4 is 34.9 Å². The van der Waals surface area contributed by atoms with E-state index in [2.05, 4.69) is 4.98 Å². The van der Waals surface area contributed by atoms with Crippen molar-refractivity contribution in [3.8, 4) is 5.69 Å². The minimum atomic E-state index is -0.374. The number of halogens is 2. The van der Waals surface area contributed by atoms with E-state index in [1.165, 1.54) is 4.57 Å². The Labute approximate surface area is 139 Å². The number of fused-ring (bicyclic) bond motifs is 1. The van der Waals surface area contributed by atoms with Crippen LogP contribution in [0.4, 0.5) is 0 Å². The summed E-state index contributed by atoms with van der Waals surface area (Å²) in [4.78, 5) is 17.4. The summed E-state index contributed by atoms with van der Waals surface area (Å²) >= 11 is 6.17. The fourth-order valence-electron chi connectivity index (χ4n) is 2.34. The zero-order chi connectivity index (χ0) is 15.0. The highest BCUT2D eigenvalue weighted by Gasteiger charge is 2.16. The summed E-state index contributed by atoms with van der Waals surface area (Å²) in [5, 5.41) is 0.804. The number of hydrogen-bond donors (Lipinski definition) is 1. The van der Waals surface area contributed by atoms with E-state index in [0.717, 1.165) is 5.69 Å². The fourth-order valence-corrected chi connectivity index (χ4v) is 2.59. The van der Waals surface area contributed by atoms with Crippen LogP contribution >= 0.6 is 24.0 Å². The molecule has 2 N–H and O–H groups in total. The normalized spacial score (nSPS) is 12.0. The molecule has 0 aliphatic carbocycles. The molecule has 2 aromatic carbocycles. The van der Waals surface area contributed by atoms with Gasteiger partial charge in [0.05, 0.1) is 27.7 Å². The zero-order valence-electron chi connectivity index (χ0n) is 11.9. The summed E-state index contributed by atoms with van der Waals surface area (Å²) in [7, 11) is 0. The number of para-hydroxylation sites is 1. The molecule has 4 nitrogen and oxygen atoms in total. The lowest BCUT2D eigenvalue weighted by molar-refractivity contribution is 0.696. The average molecular weight is 336 g/mol. The first-order valence-corrected chi connectivity index (χ1v) is 6.99. The number of nitrogens with two attached hydrogens (primary N) is 1. The first kappa shape index (κ1) is 16.5. The molecule has 0 radical (unpaired) electrons. The Morgan fingerprint density at radius 3 is 2.45 bits per heavy atom. The molecule has 22 heavy (non-hydrogen) atoms. The Balaban J connectivity index is 0.00000176. The van der Waals surface area contributed by atoms with Crippen LogP contribution in [0.1, 0.15) is 18.8 Å². The predicted octanol–water partition coefficient (Wildman–Crippen LogP) is 3.48. The summed E-state index contributed by atoms with van der Waals surface area (Å²) in [6.45, 7) is 1.80. The molecule has 1 aromatic heterocycles. The molecular weight excluding hydrogens is 321 g/mol. The summed E-state index contributed by atoms with van der Waals surface area (Å²) < 4.78 is 1.53. The minimum absolute atomic E-state index is 0. The van der Waals surface area contributed by atoms with Gasteiger partial charge in [0.1, 0.15) is 5.82 Å². The molecule has 6 heteroatoms. The van der Waals surface area contributed by atoms with Crippen molar-refractivity contribution in [2.75, 3.05) is 0 Å². The second-order valence-corrected chi connectivity index (χ2v) is 5.28. The molecule has 114 valence electrons. The Hall–Kier alpha value is -1.88. The molecule has 1 atom stereocenters. The highest BCUT2D eigenvalue weighted by Crippen LogP contribution is 2.21. The lowest BCUT2D eigenvalue weighted by atomic mass is 10.2. The molecule has 0 saturated carbocycles. The third kappa shape index (κ3) is 2.73. The number of nitrogens with zero attached hydrogens (tertiary/aromatic N) is 2. The van der Waals surface area contributed by atoms with Crippen molar-refractivity contribution < 1.29 is 0 Å². The Kier molecular flexibility index (Phi) is 4.86. The van der Waals surface area contributed by atoms with E-state index < -0.39 is 0 Å². The molecule has 0 aliphatic heterocycles. The van der Waals surface area contributed by atoms with Crippen LogP contribution in [-0.2, 0) is 0 Å². The van der Waals surface area contributed by atoms with Gasteiger partial charge in [0.25, 0.3) is 5.56 Å². The average Bonchev–Trinajstić information content (AvgIpc) is 2.47. The molecule has 3 aromatic rings. The van der Waals surface area contributed by atoms with Crippen molar-refractivity contribution in [3.05, 3.63) is 69.7 Å². The molecule has 0 amide bonds. The largest absolute Gasteiger partial charge is 0.322 e. The molecule has 0 spiro atoms. The Morgan fingerprint density at radius 2 is 1.82 bits per heavy atom. The summed E-state index contributed by atoms with van der Waals surface area (Å²) in [6.07, 6.45) is 0. The van der Waals surface area contributed by atoms with E-state index in [1.54, 1.807) is 25.1 Å². The van der Waals surface area contributed by atoms with Gasteiger partial charge in [-0.1, -0.05) is 35.9 Å². The monoisotopic (exact) mass is 335 g/mol. The van der Waals surface area contributed by atoms with Gasteiger partial charge >= 0.3 is 0 Å². The maximum absolute atomic E-state index is 12.9. The molecule has 3 rings (SSSR count). The van der Waals surface area contributed by atoms with E-state index in [-0.39, 0.29) is 24.0 Å². The minimum Gasteiger partial charge on any atom is -0.322 e. The Morgan fingerprint density at radius 1 is 1.14 bits per heavy atom. The van der Waals surface area contributed by atoms with Gasteiger partial charge < -0.3 is 5.73 Å². The molecule has 1 unspecified atom stereocenters. The third-order valence-electron chi connectivity index (χ3n) is 3.29. The molecule has 0 bridgehead atoms. The smallest absolute Gasteiger partial charge is 0.267 e. The van der Waals surface area contributed by atoms with Crippen LogP contribution in [0, 0.1) is 0 Å². The van der Waals surface area contributed by atoms with Gasteiger partial charge in [0.15, 0.2) is 0 Å². The molecule has 0 saturated heterocycles. The van der Waals surface area contributed by atoms with Gasteiger partial charge in [-0.25, -0.2) is 4.98 Å². The van der Waals surface area contributed by atoms with E-state index in [1.807, 2.05) is 30.3 Å². The van der Waals surface area contributed by atoms with Crippen molar-refractivity contribution in [1.29, 1.82) is 0 Å². The van der Waals surface area contributed by atoms with E-state index >= 15 is 0 Å². The van der Waals surface area contributed by atoms with Crippen molar-refractivity contribution in [2.24, 2.45) is 5.73 Å². The van der Waals surface area contributed by atoms with E-state index in [4.69, 9.17) is 17.3 Å². The molecule has 0 aliphatic rings. The second-order valence-electron chi connectivity index (χ2n) is 4.87. The number of benzene rings is 2. The summed E-state index contributed by atoms with van der Waals surface area (Å²) in [5.74, 6) is 0.515. The van der Waals surface area contributed by atoms with Crippen LogP contribution in [-0.4, -0.2) is 9.55 Å². The molecular formula is C16H15Cl2N3O. The van der Waals surface area contributed by atoms with Gasteiger partial charge in [0.2, 0.25) is 0 Å². The maximum Gasteiger partial charge on any atom is 0.267 e. The highest BCUT2D eigenvalue weighted by atomic mass is 35.5. The number of rotatable bonds is 2. The van der Waals surface area contributed by atoms with Gasteiger partial charge in [0, 0.05) is 0 Å².